The highest BCUT2D eigenvalue weighted by Crippen LogP contribution is 2.07. The second-order valence-electron chi connectivity index (χ2n) is 3.93. The first kappa shape index (κ1) is 10.5. The summed E-state index contributed by atoms with van der Waals surface area (Å²) in [6.45, 7) is 0.502. The van der Waals surface area contributed by atoms with Crippen molar-refractivity contribution in [2.24, 2.45) is 0 Å². The van der Waals surface area contributed by atoms with E-state index in [1.165, 1.54) is 12.5 Å². The molecule has 3 heterocycles. The molecule has 3 aromatic heterocycles. The van der Waals surface area contributed by atoms with Crippen molar-refractivity contribution in [1.29, 1.82) is 0 Å². The normalized spacial score (nSPS) is 10.9. The number of pyridine rings is 1. The molecule has 1 N–H and O–H groups in total. The highest BCUT2D eigenvalue weighted by molar-refractivity contribution is 5.84. The molecule has 18 heavy (non-hydrogen) atoms. The van der Waals surface area contributed by atoms with E-state index in [0.29, 0.717) is 6.54 Å². The molecule has 0 aromatic carbocycles. The maximum atomic E-state index is 10.7. The van der Waals surface area contributed by atoms with Gasteiger partial charge in [0.05, 0.1) is 18.6 Å². The molecule has 90 valence electrons. The van der Waals surface area contributed by atoms with Crippen LogP contribution in [0.1, 0.15) is 16.2 Å². The zero-order valence-electron chi connectivity index (χ0n) is 9.39. The first-order valence-corrected chi connectivity index (χ1v) is 5.40. The van der Waals surface area contributed by atoms with E-state index in [9.17, 15) is 4.79 Å². The van der Waals surface area contributed by atoms with Crippen molar-refractivity contribution in [1.82, 2.24) is 18.9 Å². The third kappa shape index (κ3) is 1.84. The van der Waals surface area contributed by atoms with Crippen LogP contribution in [0.3, 0.4) is 0 Å². The van der Waals surface area contributed by atoms with E-state index in [0.717, 1.165) is 11.3 Å². The number of rotatable bonds is 3. The van der Waals surface area contributed by atoms with Crippen LogP contribution in [0.5, 0.6) is 0 Å². The first-order valence-electron chi connectivity index (χ1n) is 5.40. The molecule has 0 saturated carbocycles. The SMILES string of the molecule is O=C(O)c1cn(Cc2cn3ccccc3n2)cn1. The summed E-state index contributed by atoms with van der Waals surface area (Å²) in [6.07, 6.45) is 6.82. The fourth-order valence-electron chi connectivity index (χ4n) is 1.81. The molecule has 0 atom stereocenters. The van der Waals surface area contributed by atoms with Crippen molar-refractivity contribution >= 4 is 11.6 Å². The fourth-order valence-corrected chi connectivity index (χ4v) is 1.81. The largest absolute Gasteiger partial charge is 0.476 e. The second kappa shape index (κ2) is 3.99. The standard InChI is InChI=1S/C12H10N4O2/c17-12(18)10-7-15(8-13-10)5-9-6-16-4-2-1-3-11(16)14-9/h1-4,6-8H,5H2,(H,17,18). The van der Waals surface area contributed by atoms with Crippen molar-refractivity contribution in [3.8, 4) is 0 Å². The van der Waals surface area contributed by atoms with Gasteiger partial charge >= 0.3 is 5.97 Å². The van der Waals surface area contributed by atoms with Crippen LogP contribution >= 0.6 is 0 Å². The van der Waals surface area contributed by atoms with Gasteiger partial charge in [0.1, 0.15) is 5.65 Å². The zero-order valence-corrected chi connectivity index (χ0v) is 9.39. The van der Waals surface area contributed by atoms with Gasteiger partial charge < -0.3 is 14.1 Å². The molecular weight excluding hydrogens is 232 g/mol. The summed E-state index contributed by atoms with van der Waals surface area (Å²) in [6, 6.07) is 5.77. The maximum absolute atomic E-state index is 10.7. The summed E-state index contributed by atoms with van der Waals surface area (Å²) in [5, 5.41) is 8.78. The lowest BCUT2D eigenvalue weighted by atomic mass is 10.4. The van der Waals surface area contributed by atoms with Crippen LogP contribution in [-0.2, 0) is 6.54 Å². The molecule has 0 aliphatic heterocycles. The van der Waals surface area contributed by atoms with Gasteiger partial charge in [0, 0.05) is 18.6 Å². The number of hydrogen-bond acceptors (Lipinski definition) is 3. The minimum atomic E-state index is -1.02. The molecule has 0 radical (unpaired) electrons. The van der Waals surface area contributed by atoms with Gasteiger partial charge in [-0.15, -0.1) is 0 Å². The van der Waals surface area contributed by atoms with Gasteiger partial charge in [-0.3, -0.25) is 0 Å². The summed E-state index contributed by atoms with van der Waals surface area (Å²) in [5.41, 5.74) is 1.76. The number of nitrogens with zero attached hydrogens (tertiary/aromatic N) is 4. The van der Waals surface area contributed by atoms with Gasteiger partial charge in [-0.25, -0.2) is 14.8 Å². The molecule has 3 rings (SSSR count). The predicted octanol–water partition coefficient (Wildman–Crippen LogP) is 1.28. The van der Waals surface area contributed by atoms with Gasteiger partial charge in [-0.2, -0.15) is 0 Å². The zero-order chi connectivity index (χ0) is 12.5. The number of imidazole rings is 2. The van der Waals surface area contributed by atoms with Crippen molar-refractivity contribution in [3.05, 3.63) is 54.5 Å². The molecule has 6 heteroatoms. The van der Waals surface area contributed by atoms with Gasteiger partial charge in [0.2, 0.25) is 0 Å². The van der Waals surface area contributed by atoms with Crippen LogP contribution in [-0.4, -0.2) is 30.0 Å². The summed E-state index contributed by atoms with van der Waals surface area (Å²) in [4.78, 5) is 18.9. The number of aromatic carboxylic acids is 1. The first-order chi connectivity index (χ1) is 8.72. The molecule has 0 fully saturated rings. The Morgan fingerprint density at radius 2 is 2.22 bits per heavy atom. The van der Waals surface area contributed by atoms with E-state index in [2.05, 4.69) is 9.97 Å². The average Bonchev–Trinajstić information content (AvgIpc) is 2.94. The monoisotopic (exact) mass is 242 g/mol. The Morgan fingerprint density at radius 3 is 2.94 bits per heavy atom. The van der Waals surface area contributed by atoms with Crippen LogP contribution in [0.2, 0.25) is 0 Å². The smallest absolute Gasteiger partial charge is 0.356 e. The molecule has 0 unspecified atom stereocenters. The van der Waals surface area contributed by atoms with E-state index >= 15 is 0 Å². The molecule has 0 bridgehead atoms. The molecule has 0 saturated heterocycles. The van der Waals surface area contributed by atoms with Crippen molar-refractivity contribution < 1.29 is 9.90 Å². The number of carboxylic acid groups (broad SMARTS) is 1. The Hall–Kier alpha value is -2.63. The average molecular weight is 242 g/mol. The lowest BCUT2D eigenvalue weighted by molar-refractivity contribution is 0.0691. The molecular formula is C12H10N4O2. The Labute approximate surface area is 102 Å². The lowest BCUT2D eigenvalue weighted by Crippen LogP contribution is -1.98. The van der Waals surface area contributed by atoms with Crippen LogP contribution in [0.25, 0.3) is 5.65 Å². The van der Waals surface area contributed by atoms with Crippen LogP contribution in [0.4, 0.5) is 0 Å². The lowest BCUT2D eigenvalue weighted by Gasteiger charge is -1.95. The molecule has 0 spiro atoms. The number of aromatic nitrogens is 4. The Kier molecular flexibility index (Phi) is 2.33. The quantitative estimate of drug-likeness (QED) is 0.750. The van der Waals surface area contributed by atoms with Crippen LogP contribution in [0.15, 0.2) is 43.1 Å². The molecule has 0 aliphatic carbocycles. The molecule has 0 amide bonds. The molecule has 6 nitrogen and oxygen atoms in total. The van der Waals surface area contributed by atoms with Gasteiger partial charge in [0.25, 0.3) is 0 Å². The molecule has 0 aliphatic rings. The third-order valence-corrected chi connectivity index (χ3v) is 2.61. The maximum Gasteiger partial charge on any atom is 0.356 e. The number of fused-ring (bicyclic) bond motifs is 1. The van der Waals surface area contributed by atoms with Gasteiger partial charge in [0.15, 0.2) is 5.69 Å². The number of carbonyl (C=O) groups is 1. The second-order valence-corrected chi connectivity index (χ2v) is 3.93. The van der Waals surface area contributed by atoms with E-state index in [1.807, 2.05) is 35.0 Å². The predicted molar refractivity (Wildman–Crippen MR) is 63.5 cm³/mol. The topological polar surface area (TPSA) is 72.4 Å². The van der Waals surface area contributed by atoms with Gasteiger partial charge in [-0.1, -0.05) is 6.07 Å². The van der Waals surface area contributed by atoms with E-state index in [-0.39, 0.29) is 5.69 Å². The van der Waals surface area contributed by atoms with Crippen molar-refractivity contribution in [2.75, 3.05) is 0 Å². The fraction of sp³-hybridized carbons (Fsp3) is 0.0833. The van der Waals surface area contributed by atoms with E-state index in [4.69, 9.17) is 5.11 Å². The minimum absolute atomic E-state index is 0.0405. The molecule has 3 aromatic rings. The number of carboxylic acids is 1. The van der Waals surface area contributed by atoms with Crippen LogP contribution in [0, 0.1) is 0 Å². The third-order valence-electron chi connectivity index (χ3n) is 2.61. The summed E-state index contributed by atoms with van der Waals surface area (Å²) < 4.78 is 3.62. The Bertz CT molecular complexity index is 681. The van der Waals surface area contributed by atoms with E-state index in [1.54, 1.807) is 4.57 Å². The van der Waals surface area contributed by atoms with E-state index < -0.39 is 5.97 Å². The summed E-state index contributed by atoms with van der Waals surface area (Å²) in [7, 11) is 0. The summed E-state index contributed by atoms with van der Waals surface area (Å²) >= 11 is 0. The number of hydrogen-bond donors (Lipinski definition) is 1. The van der Waals surface area contributed by atoms with Crippen LogP contribution < -0.4 is 0 Å². The highest BCUT2D eigenvalue weighted by Gasteiger charge is 2.07. The Balaban J connectivity index is 1.88. The van der Waals surface area contributed by atoms with Crippen molar-refractivity contribution in [3.63, 3.8) is 0 Å². The van der Waals surface area contributed by atoms with Gasteiger partial charge in [-0.05, 0) is 12.1 Å². The minimum Gasteiger partial charge on any atom is -0.476 e. The summed E-state index contributed by atoms with van der Waals surface area (Å²) in [5.74, 6) is -1.02. The highest BCUT2D eigenvalue weighted by atomic mass is 16.4. The Morgan fingerprint density at radius 1 is 1.33 bits per heavy atom. The van der Waals surface area contributed by atoms with Crippen molar-refractivity contribution in [2.45, 2.75) is 6.54 Å².